The summed E-state index contributed by atoms with van der Waals surface area (Å²) in [5, 5.41) is 0. The third-order valence-electron chi connectivity index (χ3n) is 4.16. The van der Waals surface area contributed by atoms with Crippen LogP contribution >= 0.6 is 0 Å². The number of pyridine rings is 1. The summed E-state index contributed by atoms with van der Waals surface area (Å²) in [5.74, 6) is -0.502. The molecule has 2 aromatic carbocycles. The van der Waals surface area contributed by atoms with Crippen LogP contribution in [0.5, 0.6) is 5.75 Å². The summed E-state index contributed by atoms with van der Waals surface area (Å²) in [7, 11) is -3.98. The van der Waals surface area contributed by atoms with E-state index in [1.54, 1.807) is 24.3 Å². The Morgan fingerprint density at radius 3 is 2.27 bits per heavy atom. The highest BCUT2D eigenvalue weighted by molar-refractivity contribution is 7.92. The van der Waals surface area contributed by atoms with Crippen molar-refractivity contribution in [1.29, 1.82) is 0 Å². The fourth-order valence-corrected chi connectivity index (χ4v) is 3.88. The number of rotatable bonds is 5. The van der Waals surface area contributed by atoms with E-state index in [2.05, 4.69) is 14.4 Å². The van der Waals surface area contributed by atoms with Crippen LogP contribution in [-0.2, 0) is 10.0 Å². The van der Waals surface area contributed by atoms with Crippen LogP contribution in [0.1, 0.15) is 0 Å². The van der Waals surface area contributed by atoms with E-state index in [4.69, 9.17) is 0 Å². The third kappa shape index (κ3) is 4.38. The number of nitrogens with one attached hydrogen (secondary N) is 1. The first-order chi connectivity index (χ1) is 14.2. The molecule has 0 amide bonds. The van der Waals surface area contributed by atoms with Crippen molar-refractivity contribution in [2.75, 3.05) is 4.72 Å². The van der Waals surface area contributed by atoms with Crippen molar-refractivity contribution < 1.29 is 26.3 Å². The second-order valence-corrected chi connectivity index (χ2v) is 7.98. The molecular formula is C20H14F3N3O3S. The molecule has 0 bridgehead atoms. The van der Waals surface area contributed by atoms with Crippen LogP contribution in [0.4, 0.5) is 18.9 Å². The lowest BCUT2D eigenvalue weighted by Crippen LogP contribution is -2.17. The fourth-order valence-electron chi connectivity index (χ4n) is 2.82. The van der Waals surface area contributed by atoms with E-state index in [0.717, 1.165) is 41.2 Å². The number of halogens is 3. The molecule has 4 aromatic rings. The van der Waals surface area contributed by atoms with Gasteiger partial charge in [-0.3, -0.25) is 4.72 Å². The van der Waals surface area contributed by atoms with Crippen molar-refractivity contribution >= 4 is 21.4 Å². The second-order valence-electron chi connectivity index (χ2n) is 6.29. The highest BCUT2D eigenvalue weighted by atomic mass is 32.2. The number of hydrogen-bond acceptors (Lipinski definition) is 4. The van der Waals surface area contributed by atoms with Crippen molar-refractivity contribution in [3.8, 4) is 17.0 Å². The van der Waals surface area contributed by atoms with Crippen LogP contribution in [0, 0.1) is 0 Å². The molecule has 30 heavy (non-hydrogen) atoms. The monoisotopic (exact) mass is 433 g/mol. The molecule has 0 aliphatic heterocycles. The van der Waals surface area contributed by atoms with Crippen LogP contribution in [0.25, 0.3) is 16.9 Å². The lowest BCUT2D eigenvalue weighted by Gasteiger charge is -2.11. The number of nitrogens with zero attached hydrogens (tertiary/aromatic N) is 2. The molecule has 2 aromatic heterocycles. The largest absolute Gasteiger partial charge is 0.573 e. The molecule has 0 saturated carbocycles. The van der Waals surface area contributed by atoms with Gasteiger partial charge in [0.05, 0.1) is 10.6 Å². The van der Waals surface area contributed by atoms with Crippen LogP contribution in [0.15, 0.2) is 84.0 Å². The molecule has 0 radical (unpaired) electrons. The summed E-state index contributed by atoms with van der Waals surface area (Å²) in [4.78, 5) is 4.31. The van der Waals surface area contributed by atoms with Crippen molar-refractivity contribution in [3.63, 3.8) is 0 Å². The van der Waals surface area contributed by atoms with Gasteiger partial charge in [-0.15, -0.1) is 13.2 Å². The van der Waals surface area contributed by atoms with E-state index >= 15 is 0 Å². The molecule has 0 aliphatic carbocycles. The average molecular weight is 433 g/mol. The molecule has 0 aliphatic rings. The van der Waals surface area contributed by atoms with Crippen molar-refractivity contribution in [2.45, 2.75) is 11.3 Å². The second kappa shape index (κ2) is 7.38. The molecule has 4 rings (SSSR count). The number of anilines is 1. The van der Waals surface area contributed by atoms with Gasteiger partial charge in [0.2, 0.25) is 0 Å². The third-order valence-corrected chi connectivity index (χ3v) is 5.56. The van der Waals surface area contributed by atoms with Gasteiger partial charge in [-0.1, -0.05) is 18.2 Å². The molecule has 6 nitrogen and oxygen atoms in total. The van der Waals surface area contributed by atoms with Gasteiger partial charge in [0.25, 0.3) is 10.0 Å². The topological polar surface area (TPSA) is 72.7 Å². The predicted molar refractivity (Wildman–Crippen MR) is 105 cm³/mol. The molecule has 0 unspecified atom stereocenters. The minimum Gasteiger partial charge on any atom is -0.406 e. The van der Waals surface area contributed by atoms with Gasteiger partial charge in [0.1, 0.15) is 11.4 Å². The number of alkyl halides is 3. The Hall–Kier alpha value is -3.53. The quantitative estimate of drug-likeness (QED) is 0.495. The summed E-state index contributed by atoms with van der Waals surface area (Å²) >= 11 is 0. The van der Waals surface area contributed by atoms with E-state index in [-0.39, 0.29) is 4.90 Å². The maximum atomic E-state index is 12.5. The molecular weight excluding hydrogens is 419 g/mol. The van der Waals surface area contributed by atoms with Gasteiger partial charge < -0.3 is 9.14 Å². The van der Waals surface area contributed by atoms with Crippen LogP contribution in [0.3, 0.4) is 0 Å². The molecule has 10 heteroatoms. The minimum atomic E-state index is -4.85. The lowest BCUT2D eigenvalue weighted by molar-refractivity contribution is -0.274. The smallest absolute Gasteiger partial charge is 0.406 e. The number of ether oxygens (including phenoxy) is 1. The molecule has 0 spiro atoms. The Morgan fingerprint density at radius 2 is 1.63 bits per heavy atom. The first-order valence-electron chi connectivity index (χ1n) is 8.62. The zero-order valence-electron chi connectivity index (χ0n) is 15.2. The van der Waals surface area contributed by atoms with Gasteiger partial charge in [0.15, 0.2) is 0 Å². The summed E-state index contributed by atoms with van der Waals surface area (Å²) in [6.45, 7) is 0. The number of hydrogen-bond donors (Lipinski definition) is 1. The highest BCUT2D eigenvalue weighted by Gasteiger charge is 2.31. The summed E-state index contributed by atoms with van der Waals surface area (Å²) < 4.78 is 69.6. The van der Waals surface area contributed by atoms with E-state index in [1.165, 1.54) is 0 Å². The summed E-state index contributed by atoms with van der Waals surface area (Å²) in [6.07, 6.45) is -1.11. The van der Waals surface area contributed by atoms with E-state index < -0.39 is 22.1 Å². The Kier molecular flexibility index (Phi) is 4.86. The van der Waals surface area contributed by atoms with Gasteiger partial charge in [-0.25, -0.2) is 13.4 Å². The van der Waals surface area contributed by atoms with Crippen molar-refractivity contribution in [3.05, 3.63) is 79.1 Å². The van der Waals surface area contributed by atoms with Crippen molar-refractivity contribution in [2.24, 2.45) is 0 Å². The standard InChI is InChI=1S/C20H14F3N3O3S/c21-20(22,23)29-16-8-10-17(11-9-16)30(27,28)25-15-6-4-14(5-7-15)18-13-26-12-2-1-3-19(26)24-18/h1-13,25H. The number of benzene rings is 2. The SMILES string of the molecule is O=S(=O)(Nc1ccc(-c2cn3ccccc3n2)cc1)c1ccc(OC(F)(F)F)cc1. The number of sulfonamides is 1. The molecule has 1 N–H and O–H groups in total. The summed E-state index contributed by atoms with van der Waals surface area (Å²) in [5.41, 5.74) is 2.62. The molecule has 0 saturated heterocycles. The Labute approximate surface area is 169 Å². The van der Waals surface area contributed by atoms with Crippen LogP contribution in [-0.4, -0.2) is 24.2 Å². The van der Waals surface area contributed by atoms with Gasteiger partial charge in [-0.2, -0.15) is 0 Å². The first-order valence-corrected chi connectivity index (χ1v) is 10.1. The van der Waals surface area contributed by atoms with Crippen LogP contribution < -0.4 is 9.46 Å². The van der Waals surface area contributed by atoms with E-state index in [9.17, 15) is 21.6 Å². The van der Waals surface area contributed by atoms with Gasteiger partial charge in [-0.05, 0) is 48.5 Å². The van der Waals surface area contributed by atoms with Gasteiger partial charge >= 0.3 is 6.36 Å². The predicted octanol–water partition coefficient (Wildman–Crippen LogP) is 4.70. The maximum Gasteiger partial charge on any atom is 0.573 e. The Bertz CT molecular complexity index is 1250. The first kappa shape index (κ1) is 19.8. The Balaban J connectivity index is 1.50. The molecule has 154 valence electrons. The number of imidazole rings is 1. The molecule has 0 fully saturated rings. The van der Waals surface area contributed by atoms with Crippen molar-refractivity contribution in [1.82, 2.24) is 9.38 Å². The van der Waals surface area contributed by atoms with Gasteiger partial charge in [0, 0.05) is 23.6 Å². The zero-order valence-corrected chi connectivity index (χ0v) is 16.0. The molecule has 0 atom stereocenters. The zero-order chi connectivity index (χ0) is 21.4. The summed E-state index contributed by atoms with van der Waals surface area (Å²) in [6, 6.07) is 16.2. The van der Waals surface area contributed by atoms with Crippen LogP contribution in [0.2, 0.25) is 0 Å². The average Bonchev–Trinajstić information content (AvgIpc) is 3.12. The molecule has 2 heterocycles. The highest BCUT2D eigenvalue weighted by Crippen LogP contribution is 2.26. The van der Waals surface area contributed by atoms with E-state index in [1.807, 2.05) is 35.0 Å². The minimum absolute atomic E-state index is 0.193. The maximum absolute atomic E-state index is 12.5. The Morgan fingerprint density at radius 1 is 0.933 bits per heavy atom. The number of fused-ring (bicyclic) bond motifs is 1. The number of aromatic nitrogens is 2. The fraction of sp³-hybridized carbons (Fsp3) is 0.0500. The lowest BCUT2D eigenvalue weighted by atomic mass is 10.1. The normalized spacial score (nSPS) is 12.1. The van der Waals surface area contributed by atoms with E-state index in [0.29, 0.717) is 5.69 Å².